The molecular weight excluding hydrogens is 777 g/mol. The summed E-state index contributed by atoms with van der Waals surface area (Å²) in [7, 11) is -2.79. The molecule has 0 saturated heterocycles. The van der Waals surface area contributed by atoms with Crippen LogP contribution in [0.2, 0.25) is 0 Å². The van der Waals surface area contributed by atoms with Gasteiger partial charge in [0, 0.05) is 32.8 Å². The molecule has 0 N–H and O–H groups in total. The van der Waals surface area contributed by atoms with E-state index in [1.54, 1.807) is 0 Å². The zero-order valence-corrected chi connectivity index (χ0v) is 35.6. The van der Waals surface area contributed by atoms with Gasteiger partial charge in [0.25, 0.3) is 0 Å². The van der Waals surface area contributed by atoms with Crippen molar-refractivity contribution in [3.05, 3.63) is 255 Å². The fourth-order valence-electron chi connectivity index (χ4n) is 10.4. The van der Waals surface area contributed by atoms with Crippen molar-refractivity contribution in [3.63, 3.8) is 0 Å². The van der Waals surface area contributed by atoms with Crippen molar-refractivity contribution in [1.82, 2.24) is 9.13 Å². The van der Waals surface area contributed by atoms with Crippen LogP contribution >= 0.6 is 0 Å². The quantitative estimate of drug-likeness (QED) is 0.107. The number of hydrogen-bond donors (Lipinski definition) is 0. The van der Waals surface area contributed by atoms with Crippen molar-refractivity contribution in [2.24, 2.45) is 0 Å². The molecule has 3 heteroatoms. The lowest BCUT2D eigenvalue weighted by Crippen LogP contribution is -2.74. The molecule has 0 bridgehead atoms. The first-order valence-electron chi connectivity index (χ1n) is 21.8. The van der Waals surface area contributed by atoms with Gasteiger partial charge in [-0.25, -0.2) is 0 Å². The summed E-state index contributed by atoms with van der Waals surface area (Å²) in [6.45, 7) is 0. The van der Waals surface area contributed by atoms with E-state index in [4.69, 9.17) is 0 Å². The molecule has 0 aliphatic carbocycles. The lowest BCUT2D eigenvalue weighted by atomic mass is 9.93. The number of para-hydroxylation sites is 3. The average molecular weight is 819 g/mol. The van der Waals surface area contributed by atoms with Gasteiger partial charge in [0.15, 0.2) is 8.07 Å². The zero-order valence-electron chi connectivity index (χ0n) is 34.6. The van der Waals surface area contributed by atoms with E-state index in [9.17, 15) is 0 Å². The summed E-state index contributed by atoms with van der Waals surface area (Å²) in [5.41, 5.74) is 11.8. The van der Waals surface area contributed by atoms with Crippen LogP contribution < -0.4 is 20.7 Å². The molecule has 0 radical (unpaired) electrons. The summed E-state index contributed by atoms with van der Waals surface area (Å²) in [6, 6.07) is 94.3. The van der Waals surface area contributed by atoms with Crippen LogP contribution in [0.5, 0.6) is 0 Å². The van der Waals surface area contributed by atoms with Crippen LogP contribution in [0.15, 0.2) is 255 Å². The topological polar surface area (TPSA) is 9.86 Å². The van der Waals surface area contributed by atoms with E-state index in [-0.39, 0.29) is 0 Å². The normalized spacial score (nSPS) is 11.8. The largest absolute Gasteiger partial charge is 0.309 e. The highest BCUT2D eigenvalue weighted by Crippen LogP contribution is 2.41. The maximum Gasteiger partial charge on any atom is 0.179 e. The summed E-state index contributed by atoms with van der Waals surface area (Å²) >= 11 is 0. The van der Waals surface area contributed by atoms with Gasteiger partial charge in [-0.15, -0.1) is 0 Å². The molecule has 0 aliphatic heterocycles. The molecule has 10 aromatic carbocycles. The summed E-state index contributed by atoms with van der Waals surface area (Å²) in [6.07, 6.45) is 0. The Labute approximate surface area is 368 Å². The first-order chi connectivity index (χ1) is 31.3. The second-order valence-corrected chi connectivity index (χ2v) is 20.2. The Morgan fingerprint density at radius 2 is 0.683 bits per heavy atom. The molecule has 63 heavy (non-hydrogen) atoms. The maximum absolute atomic E-state index is 2.79. The lowest BCUT2D eigenvalue weighted by Gasteiger charge is -2.34. The molecule has 2 aromatic heterocycles. The number of aromatic nitrogens is 2. The van der Waals surface area contributed by atoms with Crippen LogP contribution in [0.1, 0.15) is 0 Å². The highest BCUT2D eigenvalue weighted by Gasteiger charge is 2.41. The molecule has 0 atom stereocenters. The molecule has 2 heterocycles. The molecule has 0 aliphatic rings. The Balaban J connectivity index is 1.14. The van der Waals surface area contributed by atoms with E-state index in [1.807, 2.05) is 0 Å². The molecule has 2 nitrogen and oxygen atoms in total. The van der Waals surface area contributed by atoms with E-state index in [2.05, 4.69) is 264 Å². The van der Waals surface area contributed by atoms with Crippen LogP contribution in [-0.2, 0) is 0 Å². The minimum Gasteiger partial charge on any atom is -0.309 e. The van der Waals surface area contributed by atoms with Gasteiger partial charge in [-0.05, 0) is 73.8 Å². The smallest absolute Gasteiger partial charge is 0.179 e. The summed E-state index contributed by atoms with van der Waals surface area (Å²) in [4.78, 5) is 0. The summed E-state index contributed by atoms with van der Waals surface area (Å²) in [5.74, 6) is 0. The Hall–Kier alpha value is -7.98. The fourth-order valence-corrected chi connectivity index (χ4v) is 15.2. The SMILES string of the molecule is c1ccc(-c2ccccc2-c2ccccc2-n2c3ccccc3c3ccc(-n4c5ccccc5c5ccc([Si](c6ccccc6)(c6ccccc6)c6ccccc6)cc54)cc32)cc1. The number of benzene rings is 10. The Morgan fingerprint density at radius 1 is 0.254 bits per heavy atom. The maximum atomic E-state index is 2.52. The van der Waals surface area contributed by atoms with E-state index in [1.165, 1.54) is 86.6 Å². The van der Waals surface area contributed by atoms with Gasteiger partial charge in [0.1, 0.15) is 0 Å². The van der Waals surface area contributed by atoms with Crippen molar-refractivity contribution < 1.29 is 0 Å². The van der Waals surface area contributed by atoms with E-state index in [0.717, 1.165) is 11.4 Å². The standard InChI is InChI=1S/C60H42N2Si/c1-5-21-43(22-6-1)49-29-13-14-30-50(49)51-31-15-19-35-57(51)62-58-36-20-17-33-53(58)54-39-37-44(41-59(54)62)61-56-34-18-16-32-52(56)55-40-38-48(42-60(55)61)63(45-23-7-2-8-24-45,46-25-9-3-10-26-46)47-27-11-4-12-28-47/h1-42H. The van der Waals surface area contributed by atoms with Crippen LogP contribution in [0.25, 0.3) is 77.2 Å². The van der Waals surface area contributed by atoms with Gasteiger partial charge in [0.2, 0.25) is 0 Å². The number of hydrogen-bond acceptors (Lipinski definition) is 0. The Morgan fingerprint density at radius 3 is 1.29 bits per heavy atom. The molecule has 0 unspecified atom stereocenters. The van der Waals surface area contributed by atoms with Crippen LogP contribution in [0.4, 0.5) is 0 Å². The van der Waals surface area contributed by atoms with Crippen molar-refractivity contribution in [3.8, 4) is 33.6 Å². The molecule has 296 valence electrons. The van der Waals surface area contributed by atoms with Crippen molar-refractivity contribution in [2.45, 2.75) is 0 Å². The van der Waals surface area contributed by atoms with Crippen LogP contribution in [0, 0.1) is 0 Å². The van der Waals surface area contributed by atoms with Gasteiger partial charge in [-0.3, -0.25) is 0 Å². The number of nitrogens with zero attached hydrogens (tertiary/aromatic N) is 2. The zero-order chi connectivity index (χ0) is 41.7. The van der Waals surface area contributed by atoms with E-state index < -0.39 is 8.07 Å². The molecule has 12 rings (SSSR count). The monoisotopic (exact) mass is 818 g/mol. The first-order valence-corrected chi connectivity index (χ1v) is 23.8. The van der Waals surface area contributed by atoms with E-state index >= 15 is 0 Å². The van der Waals surface area contributed by atoms with Gasteiger partial charge in [-0.1, -0.05) is 218 Å². The van der Waals surface area contributed by atoms with E-state index in [0.29, 0.717) is 0 Å². The lowest BCUT2D eigenvalue weighted by molar-refractivity contribution is 1.16. The molecule has 0 spiro atoms. The third-order valence-electron chi connectivity index (χ3n) is 13.1. The Bertz CT molecular complexity index is 3510. The van der Waals surface area contributed by atoms with Gasteiger partial charge in [-0.2, -0.15) is 0 Å². The highest BCUT2D eigenvalue weighted by atomic mass is 28.3. The Kier molecular flexibility index (Phi) is 8.87. The molecule has 0 amide bonds. The summed E-state index contributed by atoms with van der Waals surface area (Å²) < 4.78 is 5.00. The first kappa shape index (κ1) is 36.8. The van der Waals surface area contributed by atoms with Crippen LogP contribution in [0.3, 0.4) is 0 Å². The molecule has 0 saturated carbocycles. The van der Waals surface area contributed by atoms with Crippen molar-refractivity contribution in [2.75, 3.05) is 0 Å². The average Bonchev–Trinajstić information content (AvgIpc) is 3.87. The number of rotatable bonds is 8. The summed E-state index contributed by atoms with van der Waals surface area (Å²) in [5, 5.41) is 10.4. The predicted octanol–water partition coefficient (Wildman–Crippen LogP) is 12.6. The van der Waals surface area contributed by atoms with Gasteiger partial charge >= 0.3 is 0 Å². The van der Waals surface area contributed by atoms with Gasteiger partial charge < -0.3 is 9.13 Å². The minimum atomic E-state index is -2.79. The fraction of sp³-hybridized carbons (Fsp3) is 0. The highest BCUT2D eigenvalue weighted by molar-refractivity contribution is 7.20. The molecule has 0 fully saturated rings. The third kappa shape index (κ3) is 5.85. The molecular formula is C60H42N2Si. The van der Waals surface area contributed by atoms with Crippen molar-refractivity contribution in [1.29, 1.82) is 0 Å². The second-order valence-electron chi connectivity index (χ2n) is 16.4. The predicted molar refractivity (Wildman–Crippen MR) is 270 cm³/mol. The number of fused-ring (bicyclic) bond motifs is 6. The van der Waals surface area contributed by atoms with Crippen molar-refractivity contribution >= 4 is 72.4 Å². The third-order valence-corrected chi connectivity index (χ3v) is 17.9. The second kappa shape index (κ2) is 15.2. The van der Waals surface area contributed by atoms with Gasteiger partial charge in [0.05, 0.1) is 27.8 Å². The molecule has 12 aromatic rings. The minimum absolute atomic E-state index is 1.13. The van der Waals surface area contributed by atoms with Crippen LogP contribution in [-0.4, -0.2) is 17.2 Å².